The van der Waals surface area contributed by atoms with Gasteiger partial charge in [-0.3, -0.25) is 9.58 Å². The van der Waals surface area contributed by atoms with E-state index in [9.17, 15) is 4.79 Å². The predicted molar refractivity (Wildman–Crippen MR) is 91.1 cm³/mol. The maximum absolute atomic E-state index is 12.4. The molecule has 1 atom stereocenters. The molecule has 1 unspecified atom stereocenters. The lowest BCUT2D eigenvalue weighted by Crippen LogP contribution is -2.43. The molecular formula is C16H19Cl2N3O2. The van der Waals surface area contributed by atoms with Gasteiger partial charge >= 0.3 is 6.09 Å². The van der Waals surface area contributed by atoms with Crippen LogP contribution in [0.2, 0.25) is 10.0 Å². The highest BCUT2D eigenvalue weighted by molar-refractivity contribution is 6.45. The van der Waals surface area contributed by atoms with Crippen LogP contribution in [0.5, 0.6) is 0 Å². The van der Waals surface area contributed by atoms with Crippen LogP contribution in [0, 0.1) is 0 Å². The number of nitrogens with zero attached hydrogens (tertiary/aromatic N) is 3. The van der Waals surface area contributed by atoms with Crippen LogP contribution in [-0.4, -0.2) is 32.9 Å². The first-order valence-corrected chi connectivity index (χ1v) is 8.28. The Morgan fingerprint density at radius 2 is 2.00 bits per heavy atom. The van der Waals surface area contributed by atoms with Crippen molar-refractivity contribution in [1.82, 2.24) is 14.7 Å². The predicted octanol–water partition coefficient (Wildman–Crippen LogP) is 4.65. The monoisotopic (exact) mass is 355 g/mol. The molecule has 0 spiro atoms. The minimum Gasteiger partial charge on any atom is -0.444 e. The topological polar surface area (TPSA) is 47.4 Å². The second-order valence-corrected chi connectivity index (χ2v) is 7.50. The summed E-state index contributed by atoms with van der Waals surface area (Å²) in [6, 6.07) is 3.51. The highest BCUT2D eigenvalue weighted by atomic mass is 35.5. The first-order chi connectivity index (χ1) is 10.7. The molecule has 1 amide bonds. The van der Waals surface area contributed by atoms with Crippen molar-refractivity contribution in [2.24, 2.45) is 0 Å². The Morgan fingerprint density at radius 3 is 2.65 bits per heavy atom. The van der Waals surface area contributed by atoms with E-state index in [0.29, 0.717) is 28.7 Å². The fourth-order valence-electron chi connectivity index (χ4n) is 2.88. The Labute approximate surface area is 145 Å². The van der Waals surface area contributed by atoms with Crippen LogP contribution in [0.4, 0.5) is 4.79 Å². The molecular weight excluding hydrogens is 337 g/mol. The number of ether oxygens (including phenoxy) is 1. The highest BCUT2D eigenvalue weighted by Crippen LogP contribution is 2.37. The average molecular weight is 356 g/mol. The van der Waals surface area contributed by atoms with Gasteiger partial charge in [-0.05, 0) is 39.8 Å². The highest BCUT2D eigenvalue weighted by Gasteiger charge is 2.33. The molecule has 1 aliphatic rings. The third kappa shape index (κ3) is 2.88. The second-order valence-electron chi connectivity index (χ2n) is 6.72. The Kier molecular flexibility index (Phi) is 3.97. The maximum atomic E-state index is 12.4. The van der Waals surface area contributed by atoms with E-state index in [0.717, 1.165) is 11.1 Å². The summed E-state index contributed by atoms with van der Waals surface area (Å²) >= 11 is 12.3. The summed E-state index contributed by atoms with van der Waals surface area (Å²) < 4.78 is 7.41. The number of hydrogen-bond donors (Lipinski definition) is 0. The third-order valence-corrected chi connectivity index (χ3v) is 4.68. The van der Waals surface area contributed by atoms with Crippen LogP contribution >= 0.6 is 23.2 Å². The van der Waals surface area contributed by atoms with E-state index in [1.54, 1.807) is 11.0 Å². The first-order valence-electron chi connectivity index (χ1n) is 7.53. The van der Waals surface area contributed by atoms with E-state index in [4.69, 9.17) is 27.9 Å². The number of hydrogen-bond acceptors (Lipinski definition) is 3. The molecule has 1 aromatic heterocycles. The maximum Gasteiger partial charge on any atom is 0.410 e. The second kappa shape index (κ2) is 5.56. The molecule has 0 saturated carbocycles. The summed E-state index contributed by atoms with van der Waals surface area (Å²) in [7, 11) is 0. The lowest BCUT2D eigenvalue weighted by Gasteiger charge is -2.35. The molecule has 0 saturated heterocycles. The van der Waals surface area contributed by atoms with Crippen molar-refractivity contribution in [2.75, 3.05) is 6.54 Å². The standard InChI is InChI=1S/C16H19Cl2N3O2/c1-9-14-10-5-6-11(17)12(18)13(10)19-21(14)8-7-20(9)15(22)23-16(2,3)4/h5-6,9H,7-8H2,1-4H3. The summed E-state index contributed by atoms with van der Waals surface area (Å²) in [5, 5.41) is 6.40. The molecule has 0 aliphatic carbocycles. The fourth-order valence-corrected chi connectivity index (χ4v) is 3.24. The smallest absolute Gasteiger partial charge is 0.410 e. The number of halogens is 2. The van der Waals surface area contributed by atoms with Crippen LogP contribution in [0.3, 0.4) is 0 Å². The zero-order chi connectivity index (χ0) is 16.9. The van der Waals surface area contributed by atoms with Gasteiger partial charge in [0.2, 0.25) is 0 Å². The number of benzene rings is 1. The molecule has 1 aromatic carbocycles. The van der Waals surface area contributed by atoms with Gasteiger partial charge in [0, 0.05) is 11.9 Å². The molecule has 1 aliphatic heterocycles. The van der Waals surface area contributed by atoms with Gasteiger partial charge in [0.05, 0.1) is 28.3 Å². The van der Waals surface area contributed by atoms with E-state index in [-0.39, 0.29) is 12.1 Å². The van der Waals surface area contributed by atoms with Crippen LogP contribution < -0.4 is 0 Å². The SMILES string of the molecule is CC1c2c3ccc(Cl)c(Cl)c3nn2CCN1C(=O)OC(C)(C)C. The van der Waals surface area contributed by atoms with Crippen molar-refractivity contribution in [1.29, 1.82) is 0 Å². The zero-order valence-electron chi connectivity index (χ0n) is 13.6. The van der Waals surface area contributed by atoms with Crippen molar-refractivity contribution in [3.05, 3.63) is 27.9 Å². The molecule has 2 aromatic rings. The van der Waals surface area contributed by atoms with E-state index < -0.39 is 5.60 Å². The minimum atomic E-state index is -0.520. The fraction of sp³-hybridized carbons (Fsp3) is 0.500. The van der Waals surface area contributed by atoms with Gasteiger partial charge in [-0.2, -0.15) is 5.10 Å². The largest absolute Gasteiger partial charge is 0.444 e. The van der Waals surface area contributed by atoms with Crippen molar-refractivity contribution >= 4 is 40.2 Å². The molecule has 0 radical (unpaired) electrons. The molecule has 5 nitrogen and oxygen atoms in total. The Bertz CT molecular complexity index is 780. The van der Waals surface area contributed by atoms with Gasteiger partial charge in [-0.1, -0.05) is 23.2 Å². The number of carbonyl (C=O) groups excluding carboxylic acids is 1. The Balaban J connectivity index is 2.01. The number of fused-ring (bicyclic) bond motifs is 3. The van der Waals surface area contributed by atoms with Gasteiger partial charge in [-0.15, -0.1) is 0 Å². The summed E-state index contributed by atoms with van der Waals surface area (Å²) in [4.78, 5) is 14.2. The zero-order valence-corrected chi connectivity index (χ0v) is 15.1. The molecule has 0 fully saturated rings. The van der Waals surface area contributed by atoms with Gasteiger partial charge in [0.1, 0.15) is 11.1 Å². The summed E-state index contributed by atoms with van der Waals surface area (Å²) in [6.07, 6.45) is -0.314. The summed E-state index contributed by atoms with van der Waals surface area (Å²) in [6.45, 7) is 8.70. The molecule has 23 heavy (non-hydrogen) atoms. The van der Waals surface area contributed by atoms with Gasteiger partial charge < -0.3 is 4.74 Å². The van der Waals surface area contributed by atoms with Crippen LogP contribution in [0.25, 0.3) is 10.9 Å². The number of carbonyl (C=O) groups is 1. The first kappa shape index (κ1) is 16.4. The van der Waals surface area contributed by atoms with E-state index in [1.807, 2.05) is 38.4 Å². The normalized spacial score (nSPS) is 18.2. The quantitative estimate of drug-likeness (QED) is 0.690. The average Bonchev–Trinajstić information content (AvgIpc) is 2.81. The van der Waals surface area contributed by atoms with Gasteiger partial charge in [0.25, 0.3) is 0 Å². The molecule has 124 valence electrons. The Hall–Kier alpha value is -1.46. The van der Waals surface area contributed by atoms with E-state index in [2.05, 4.69) is 5.10 Å². The molecule has 3 rings (SSSR count). The summed E-state index contributed by atoms with van der Waals surface area (Å²) in [5.41, 5.74) is 1.11. The third-order valence-electron chi connectivity index (χ3n) is 3.89. The molecule has 0 bridgehead atoms. The van der Waals surface area contributed by atoms with Crippen LogP contribution in [-0.2, 0) is 11.3 Å². The van der Waals surface area contributed by atoms with Gasteiger partial charge in [-0.25, -0.2) is 4.79 Å². The minimum absolute atomic E-state index is 0.152. The van der Waals surface area contributed by atoms with Crippen molar-refractivity contribution in [3.63, 3.8) is 0 Å². The van der Waals surface area contributed by atoms with E-state index in [1.165, 1.54) is 0 Å². The van der Waals surface area contributed by atoms with Crippen LogP contribution in [0.1, 0.15) is 39.4 Å². The molecule has 2 heterocycles. The molecule has 7 heteroatoms. The van der Waals surface area contributed by atoms with E-state index >= 15 is 0 Å². The lowest BCUT2D eigenvalue weighted by molar-refractivity contribution is 0.0122. The Morgan fingerprint density at radius 1 is 1.30 bits per heavy atom. The van der Waals surface area contributed by atoms with Gasteiger partial charge in [0.15, 0.2) is 0 Å². The number of aromatic nitrogens is 2. The number of amides is 1. The summed E-state index contributed by atoms with van der Waals surface area (Å²) in [5.74, 6) is 0. The molecule has 0 N–H and O–H groups in total. The lowest BCUT2D eigenvalue weighted by atomic mass is 10.1. The van der Waals surface area contributed by atoms with Crippen LogP contribution in [0.15, 0.2) is 12.1 Å². The van der Waals surface area contributed by atoms with Crippen molar-refractivity contribution in [2.45, 2.75) is 45.9 Å². The van der Waals surface area contributed by atoms with Crippen molar-refractivity contribution < 1.29 is 9.53 Å². The number of rotatable bonds is 0. The van der Waals surface area contributed by atoms with Crippen molar-refractivity contribution in [3.8, 4) is 0 Å².